The molecular formula is C17H28N2O. The van der Waals surface area contributed by atoms with Gasteiger partial charge in [0.1, 0.15) is 5.75 Å². The fourth-order valence-corrected chi connectivity index (χ4v) is 3.03. The number of nitrogens with one attached hydrogen (secondary N) is 1. The molecule has 1 aliphatic rings. The Bertz CT molecular complexity index is 427. The molecule has 1 saturated heterocycles. The summed E-state index contributed by atoms with van der Waals surface area (Å²) in [5, 5.41) is 13.1. The maximum absolute atomic E-state index is 9.40. The van der Waals surface area contributed by atoms with Crippen LogP contribution in [0.3, 0.4) is 0 Å². The highest BCUT2D eigenvalue weighted by Crippen LogP contribution is 2.24. The van der Waals surface area contributed by atoms with Crippen LogP contribution in [0, 0.1) is 5.92 Å². The molecule has 0 radical (unpaired) electrons. The van der Waals surface area contributed by atoms with Crippen LogP contribution >= 0.6 is 0 Å². The number of nitrogens with zero attached hydrogens (tertiary/aromatic N) is 1. The minimum atomic E-state index is 0.168. The molecule has 1 aromatic rings. The lowest BCUT2D eigenvalue weighted by Gasteiger charge is -2.47. The topological polar surface area (TPSA) is 35.5 Å². The van der Waals surface area contributed by atoms with E-state index in [0.29, 0.717) is 17.7 Å². The molecule has 0 bridgehead atoms. The maximum Gasteiger partial charge on any atom is 0.115 e. The van der Waals surface area contributed by atoms with Gasteiger partial charge in [0.2, 0.25) is 0 Å². The van der Waals surface area contributed by atoms with Crippen molar-refractivity contribution in [2.45, 2.75) is 52.2 Å². The van der Waals surface area contributed by atoms with Gasteiger partial charge in [0.15, 0.2) is 0 Å². The molecule has 0 aromatic heterocycles. The van der Waals surface area contributed by atoms with Crippen LogP contribution in [0.4, 0.5) is 0 Å². The highest BCUT2D eigenvalue weighted by molar-refractivity contribution is 5.26. The summed E-state index contributed by atoms with van der Waals surface area (Å²) in [5.74, 6) is 1.03. The number of benzene rings is 1. The van der Waals surface area contributed by atoms with E-state index in [1.54, 1.807) is 12.1 Å². The Morgan fingerprint density at radius 2 is 2.00 bits per heavy atom. The molecule has 0 amide bonds. The second-order valence-corrected chi connectivity index (χ2v) is 6.79. The Balaban J connectivity index is 2.12. The van der Waals surface area contributed by atoms with Crippen LogP contribution in [-0.2, 0) is 6.54 Å². The summed E-state index contributed by atoms with van der Waals surface area (Å²) >= 11 is 0. The third kappa shape index (κ3) is 3.74. The Labute approximate surface area is 123 Å². The van der Waals surface area contributed by atoms with Gasteiger partial charge in [-0.2, -0.15) is 0 Å². The fraction of sp³-hybridized carbons (Fsp3) is 0.647. The van der Waals surface area contributed by atoms with Gasteiger partial charge in [-0.3, -0.25) is 4.90 Å². The second kappa shape index (κ2) is 6.15. The van der Waals surface area contributed by atoms with E-state index in [1.165, 1.54) is 12.0 Å². The number of piperazine rings is 1. The van der Waals surface area contributed by atoms with Gasteiger partial charge in [0.25, 0.3) is 0 Å². The third-order valence-corrected chi connectivity index (χ3v) is 4.48. The minimum absolute atomic E-state index is 0.168. The minimum Gasteiger partial charge on any atom is -0.508 e. The Morgan fingerprint density at radius 1 is 1.35 bits per heavy atom. The molecule has 2 unspecified atom stereocenters. The van der Waals surface area contributed by atoms with Gasteiger partial charge in [-0.05, 0) is 37.5 Å². The molecule has 2 N–H and O–H groups in total. The molecule has 20 heavy (non-hydrogen) atoms. The highest BCUT2D eigenvalue weighted by Gasteiger charge is 2.34. The van der Waals surface area contributed by atoms with Crippen molar-refractivity contribution in [3.05, 3.63) is 29.8 Å². The number of phenols is 1. The molecule has 2 atom stereocenters. The summed E-state index contributed by atoms with van der Waals surface area (Å²) in [4.78, 5) is 2.59. The summed E-state index contributed by atoms with van der Waals surface area (Å²) in [6.07, 6.45) is 1.21. The normalized spacial score (nSPS) is 24.5. The summed E-state index contributed by atoms with van der Waals surface area (Å²) in [5.41, 5.74) is 1.44. The van der Waals surface area contributed by atoms with Crippen molar-refractivity contribution >= 4 is 0 Å². The summed E-state index contributed by atoms with van der Waals surface area (Å²) in [6, 6.07) is 8.19. The van der Waals surface area contributed by atoms with Crippen molar-refractivity contribution in [3.8, 4) is 5.75 Å². The van der Waals surface area contributed by atoms with Crippen LogP contribution in [0.1, 0.15) is 39.7 Å². The van der Waals surface area contributed by atoms with Gasteiger partial charge in [0.05, 0.1) is 0 Å². The maximum atomic E-state index is 9.40. The van der Waals surface area contributed by atoms with Crippen LogP contribution < -0.4 is 5.32 Å². The van der Waals surface area contributed by atoms with Crippen molar-refractivity contribution < 1.29 is 5.11 Å². The lowest BCUT2D eigenvalue weighted by molar-refractivity contribution is 0.0571. The number of rotatable bonds is 4. The molecule has 2 rings (SSSR count). The lowest BCUT2D eigenvalue weighted by atomic mass is 9.90. The van der Waals surface area contributed by atoms with Crippen molar-refractivity contribution in [2.24, 2.45) is 5.92 Å². The number of phenolic OH excluding ortho intramolecular Hbond substituents is 1. The number of hydrogen-bond acceptors (Lipinski definition) is 3. The summed E-state index contributed by atoms with van der Waals surface area (Å²) in [7, 11) is 0. The van der Waals surface area contributed by atoms with Crippen molar-refractivity contribution in [3.63, 3.8) is 0 Å². The van der Waals surface area contributed by atoms with Crippen molar-refractivity contribution in [2.75, 3.05) is 13.1 Å². The summed E-state index contributed by atoms with van der Waals surface area (Å²) < 4.78 is 0. The standard InChI is InChI=1S/C17H28N2O/c1-5-13(2)16-10-18-17(3,4)12-19(16)11-14-6-8-15(20)9-7-14/h6-9,13,16,18,20H,5,10-12H2,1-4H3. The van der Waals surface area contributed by atoms with Crippen molar-refractivity contribution in [1.82, 2.24) is 10.2 Å². The molecule has 0 spiro atoms. The lowest BCUT2D eigenvalue weighted by Crippen LogP contribution is -2.62. The zero-order chi connectivity index (χ0) is 14.8. The molecule has 1 fully saturated rings. The number of aromatic hydroxyl groups is 1. The summed E-state index contributed by atoms with van der Waals surface area (Å²) in [6.45, 7) is 12.2. The van der Waals surface area contributed by atoms with Crippen LogP contribution in [0.2, 0.25) is 0 Å². The molecule has 1 heterocycles. The van der Waals surface area contributed by atoms with E-state index in [4.69, 9.17) is 0 Å². The first-order chi connectivity index (χ1) is 9.41. The molecule has 112 valence electrons. The van der Waals surface area contributed by atoms with E-state index in [9.17, 15) is 5.11 Å². The van der Waals surface area contributed by atoms with E-state index >= 15 is 0 Å². The first-order valence-electron chi connectivity index (χ1n) is 7.68. The van der Waals surface area contributed by atoms with Crippen LogP contribution in [0.5, 0.6) is 5.75 Å². The highest BCUT2D eigenvalue weighted by atomic mass is 16.3. The first-order valence-corrected chi connectivity index (χ1v) is 7.68. The van der Waals surface area contributed by atoms with Crippen LogP contribution in [-0.4, -0.2) is 34.7 Å². The third-order valence-electron chi connectivity index (χ3n) is 4.48. The van der Waals surface area contributed by atoms with Gasteiger partial charge in [0, 0.05) is 31.2 Å². The van der Waals surface area contributed by atoms with Crippen molar-refractivity contribution in [1.29, 1.82) is 0 Å². The predicted octanol–water partition coefficient (Wildman–Crippen LogP) is 2.99. The molecule has 0 saturated carbocycles. The molecule has 3 heteroatoms. The second-order valence-electron chi connectivity index (χ2n) is 6.79. The van der Waals surface area contributed by atoms with E-state index in [1.807, 2.05) is 12.1 Å². The quantitative estimate of drug-likeness (QED) is 0.887. The smallest absolute Gasteiger partial charge is 0.115 e. The average Bonchev–Trinajstić information content (AvgIpc) is 2.40. The Kier molecular flexibility index (Phi) is 4.71. The zero-order valence-corrected chi connectivity index (χ0v) is 13.2. The van der Waals surface area contributed by atoms with Gasteiger partial charge in [-0.25, -0.2) is 0 Å². The molecule has 1 aliphatic heterocycles. The van der Waals surface area contributed by atoms with Crippen LogP contribution in [0.25, 0.3) is 0 Å². The van der Waals surface area contributed by atoms with Crippen LogP contribution in [0.15, 0.2) is 24.3 Å². The monoisotopic (exact) mass is 276 g/mol. The average molecular weight is 276 g/mol. The molecular weight excluding hydrogens is 248 g/mol. The Morgan fingerprint density at radius 3 is 2.60 bits per heavy atom. The van der Waals surface area contributed by atoms with E-state index in [0.717, 1.165) is 19.6 Å². The van der Waals surface area contributed by atoms with E-state index < -0.39 is 0 Å². The molecule has 0 aliphatic carbocycles. The van der Waals surface area contributed by atoms with Gasteiger partial charge >= 0.3 is 0 Å². The zero-order valence-electron chi connectivity index (χ0n) is 13.2. The largest absolute Gasteiger partial charge is 0.508 e. The van der Waals surface area contributed by atoms with Gasteiger partial charge < -0.3 is 10.4 Å². The van der Waals surface area contributed by atoms with E-state index in [-0.39, 0.29) is 5.54 Å². The Hall–Kier alpha value is -1.06. The SMILES string of the molecule is CCC(C)C1CNC(C)(C)CN1Cc1ccc(O)cc1. The number of hydrogen-bond donors (Lipinski definition) is 2. The predicted molar refractivity (Wildman–Crippen MR) is 83.8 cm³/mol. The van der Waals surface area contributed by atoms with E-state index in [2.05, 4.69) is 37.9 Å². The molecule has 1 aromatic carbocycles. The first kappa shape index (κ1) is 15.3. The fourth-order valence-electron chi connectivity index (χ4n) is 3.03. The van der Waals surface area contributed by atoms with Gasteiger partial charge in [-0.1, -0.05) is 32.4 Å². The molecule has 3 nitrogen and oxygen atoms in total. The van der Waals surface area contributed by atoms with Gasteiger partial charge in [-0.15, -0.1) is 0 Å².